The monoisotopic (exact) mass is 425 g/mol. The maximum absolute atomic E-state index is 12.6. The van der Waals surface area contributed by atoms with Gasteiger partial charge in [0.15, 0.2) is 11.6 Å². The zero-order valence-corrected chi connectivity index (χ0v) is 18.4. The van der Waals surface area contributed by atoms with Crippen molar-refractivity contribution in [2.24, 2.45) is 0 Å². The lowest BCUT2D eigenvalue weighted by atomic mass is 10.1. The van der Waals surface area contributed by atoms with Crippen molar-refractivity contribution in [3.63, 3.8) is 0 Å². The number of hydrogen-bond acceptors (Lipinski definition) is 7. The topological polar surface area (TPSA) is 83.1 Å². The van der Waals surface area contributed by atoms with Gasteiger partial charge in [-0.3, -0.25) is 9.59 Å². The number of hydrogen-bond donors (Lipinski definition) is 1. The van der Waals surface area contributed by atoms with Crippen LogP contribution < -0.4 is 24.3 Å². The van der Waals surface area contributed by atoms with E-state index in [-0.39, 0.29) is 18.0 Å². The quantitative estimate of drug-likeness (QED) is 0.544. The first-order valence-corrected chi connectivity index (χ1v) is 9.53. The van der Waals surface area contributed by atoms with E-state index < -0.39 is 0 Å². The van der Waals surface area contributed by atoms with Crippen molar-refractivity contribution in [3.8, 4) is 23.0 Å². The fourth-order valence-corrected chi connectivity index (χ4v) is 2.86. The third-order valence-corrected chi connectivity index (χ3v) is 4.39. The Kier molecular flexibility index (Phi) is 8.69. The van der Waals surface area contributed by atoms with Crippen LogP contribution in [0.1, 0.15) is 18.1 Å². The summed E-state index contributed by atoms with van der Waals surface area (Å²) in [5.74, 6) is 2.09. The fraction of sp³-hybridized carbons (Fsp3) is 0.250. The van der Waals surface area contributed by atoms with Gasteiger partial charge < -0.3 is 24.3 Å². The molecule has 0 radical (unpaired) electrons. The molecule has 0 saturated carbocycles. The predicted octanol–water partition coefficient (Wildman–Crippen LogP) is 4.06. The number of anilines is 1. The Morgan fingerprint density at radius 3 is 2.06 bits per heavy atom. The van der Waals surface area contributed by atoms with Crippen molar-refractivity contribution >= 4 is 23.3 Å². The predicted molar refractivity (Wildman–Crippen MR) is 120 cm³/mol. The van der Waals surface area contributed by atoms with Gasteiger partial charge in [-0.15, -0.1) is 0 Å². The average molecular weight is 425 g/mol. The summed E-state index contributed by atoms with van der Waals surface area (Å²) in [6, 6.07) is 8.85. The number of benzene rings is 2. The Hall–Kier alpha value is -3.74. The van der Waals surface area contributed by atoms with Gasteiger partial charge in [0.2, 0.25) is 0 Å². The van der Waals surface area contributed by atoms with Gasteiger partial charge in [0.25, 0.3) is 0 Å². The molecule has 0 amide bonds. The van der Waals surface area contributed by atoms with Crippen molar-refractivity contribution in [1.82, 2.24) is 0 Å². The van der Waals surface area contributed by atoms with E-state index >= 15 is 0 Å². The van der Waals surface area contributed by atoms with Crippen LogP contribution in [0.3, 0.4) is 0 Å². The molecular weight excluding hydrogens is 398 g/mol. The van der Waals surface area contributed by atoms with E-state index in [0.717, 1.165) is 5.56 Å². The van der Waals surface area contributed by atoms with Crippen molar-refractivity contribution in [1.29, 1.82) is 0 Å². The number of ether oxygens (including phenoxy) is 4. The lowest BCUT2D eigenvalue weighted by molar-refractivity contribution is -0.114. The Morgan fingerprint density at radius 1 is 0.871 bits per heavy atom. The summed E-state index contributed by atoms with van der Waals surface area (Å²) in [6.45, 7) is 1.46. The highest BCUT2D eigenvalue weighted by molar-refractivity contribution is 5.96. The zero-order valence-electron chi connectivity index (χ0n) is 18.4. The van der Waals surface area contributed by atoms with Crippen LogP contribution in [0.15, 0.2) is 48.7 Å². The number of rotatable bonds is 11. The standard InChI is InChI=1S/C24H27NO6/c1-16(26)10-11-25-21-13-17(6-9-22(21)29-3)12-18(27)7-8-20-23(30-4)14-19(28-2)15-24(20)31-5/h6-11,13-15,25H,12H2,1-5H3/b8-7+,11-10-. The molecule has 0 aromatic heterocycles. The lowest BCUT2D eigenvalue weighted by Crippen LogP contribution is -2.01. The van der Waals surface area contributed by atoms with Gasteiger partial charge in [-0.25, -0.2) is 0 Å². The van der Waals surface area contributed by atoms with E-state index in [1.165, 1.54) is 25.3 Å². The second kappa shape index (κ2) is 11.4. The maximum atomic E-state index is 12.6. The van der Waals surface area contributed by atoms with E-state index in [4.69, 9.17) is 18.9 Å². The molecule has 2 aromatic carbocycles. The summed E-state index contributed by atoms with van der Waals surface area (Å²) >= 11 is 0. The van der Waals surface area contributed by atoms with Gasteiger partial charge in [-0.2, -0.15) is 0 Å². The molecule has 2 rings (SSSR count). The second-order valence-electron chi connectivity index (χ2n) is 6.54. The molecule has 164 valence electrons. The number of allylic oxidation sites excluding steroid dienone is 2. The van der Waals surface area contributed by atoms with Crippen LogP contribution in [-0.4, -0.2) is 40.0 Å². The van der Waals surface area contributed by atoms with Crippen LogP contribution in [0.2, 0.25) is 0 Å². The molecule has 0 aliphatic rings. The Labute approximate surface area is 182 Å². The first-order chi connectivity index (χ1) is 14.9. The van der Waals surface area contributed by atoms with Crippen LogP contribution in [0.25, 0.3) is 6.08 Å². The zero-order chi connectivity index (χ0) is 22.8. The molecule has 0 heterocycles. The molecule has 7 heteroatoms. The third kappa shape index (κ3) is 6.64. The van der Waals surface area contributed by atoms with E-state index in [9.17, 15) is 9.59 Å². The summed E-state index contributed by atoms with van der Waals surface area (Å²) < 4.78 is 21.4. The Morgan fingerprint density at radius 2 is 1.52 bits per heavy atom. The Bertz CT molecular complexity index is 969. The number of carbonyl (C=O) groups is 2. The van der Waals surface area contributed by atoms with E-state index in [0.29, 0.717) is 34.2 Å². The smallest absolute Gasteiger partial charge is 0.160 e. The molecule has 0 fully saturated rings. The van der Waals surface area contributed by atoms with Gasteiger partial charge >= 0.3 is 0 Å². The number of ketones is 2. The molecule has 0 atom stereocenters. The minimum atomic E-state index is -0.102. The summed E-state index contributed by atoms with van der Waals surface area (Å²) in [6.07, 6.45) is 6.29. The van der Waals surface area contributed by atoms with Crippen LogP contribution in [0, 0.1) is 0 Å². The Balaban J connectivity index is 2.21. The first kappa shape index (κ1) is 23.5. The molecule has 31 heavy (non-hydrogen) atoms. The minimum Gasteiger partial charge on any atom is -0.496 e. The number of carbonyl (C=O) groups excluding carboxylic acids is 2. The van der Waals surface area contributed by atoms with Crippen LogP contribution >= 0.6 is 0 Å². The maximum Gasteiger partial charge on any atom is 0.160 e. The first-order valence-electron chi connectivity index (χ1n) is 9.53. The largest absolute Gasteiger partial charge is 0.496 e. The van der Waals surface area contributed by atoms with E-state index in [2.05, 4.69) is 5.32 Å². The highest BCUT2D eigenvalue weighted by Crippen LogP contribution is 2.35. The van der Waals surface area contributed by atoms with E-state index in [1.54, 1.807) is 52.7 Å². The molecule has 0 spiro atoms. The highest BCUT2D eigenvalue weighted by Gasteiger charge is 2.12. The minimum absolute atomic E-state index is 0.0766. The van der Waals surface area contributed by atoms with Gasteiger partial charge in [-0.1, -0.05) is 6.07 Å². The van der Waals surface area contributed by atoms with Crippen molar-refractivity contribution in [2.45, 2.75) is 13.3 Å². The van der Waals surface area contributed by atoms with Crippen LogP contribution in [0.5, 0.6) is 23.0 Å². The molecule has 2 aromatic rings. The third-order valence-electron chi connectivity index (χ3n) is 4.39. The molecule has 1 N–H and O–H groups in total. The van der Waals surface area contributed by atoms with Crippen LogP contribution in [0.4, 0.5) is 5.69 Å². The van der Waals surface area contributed by atoms with Crippen molar-refractivity contribution in [2.75, 3.05) is 33.8 Å². The molecule has 0 unspecified atom stereocenters. The summed E-state index contributed by atoms with van der Waals surface area (Å²) in [4.78, 5) is 23.7. The molecule has 0 saturated heterocycles. The number of methoxy groups -OCH3 is 4. The molecule has 0 aliphatic carbocycles. The van der Waals surface area contributed by atoms with Gasteiger partial charge in [0, 0.05) is 24.8 Å². The van der Waals surface area contributed by atoms with E-state index in [1.807, 2.05) is 12.1 Å². The summed E-state index contributed by atoms with van der Waals surface area (Å²) in [5, 5.41) is 3.01. The average Bonchev–Trinajstić information content (AvgIpc) is 2.77. The van der Waals surface area contributed by atoms with Gasteiger partial charge in [-0.05, 0) is 42.8 Å². The SMILES string of the molecule is COc1cc(OC)c(/C=C/C(=O)Cc2ccc(OC)c(N/C=C\C(C)=O)c2)c(OC)c1. The second-order valence-corrected chi connectivity index (χ2v) is 6.54. The summed E-state index contributed by atoms with van der Waals surface area (Å²) in [7, 11) is 6.19. The van der Waals surface area contributed by atoms with Crippen molar-refractivity contribution in [3.05, 3.63) is 59.8 Å². The van der Waals surface area contributed by atoms with Crippen molar-refractivity contribution < 1.29 is 28.5 Å². The molecule has 7 nitrogen and oxygen atoms in total. The van der Waals surface area contributed by atoms with Gasteiger partial charge in [0.05, 0.1) is 39.7 Å². The highest BCUT2D eigenvalue weighted by atomic mass is 16.5. The molecule has 0 bridgehead atoms. The molecule has 0 aliphatic heterocycles. The lowest BCUT2D eigenvalue weighted by Gasteiger charge is -2.12. The van der Waals surface area contributed by atoms with Crippen LogP contribution in [-0.2, 0) is 16.0 Å². The number of nitrogens with one attached hydrogen (secondary N) is 1. The fourth-order valence-electron chi connectivity index (χ4n) is 2.86. The summed E-state index contributed by atoms with van der Waals surface area (Å²) in [5.41, 5.74) is 2.10. The normalized spacial score (nSPS) is 10.9. The van der Waals surface area contributed by atoms with Gasteiger partial charge in [0.1, 0.15) is 23.0 Å². The molecular formula is C24H27NO6.